The van der Waals surface area contributed by atoms with Crippen LogP contribution in [0.25, 0.3) is 33.8 Å². The minimum absolute atomic E-state index is 0.0582. The van der Waals surface area contributed by atoms with Gasteiger partial charge < -0.3 is 19.1 Å². The number of hydrogen-bond donors (Lipinski definition) is 1. The fourth-order valence-electron chi connectivity index (χ4n) is 10.4. The number of nitrogens with one attached hydrogen (secondary N) is 1. The summed E-state index contributed by atoms with van der Waals surface area (Å²) in [5, 5.41) is 5.65. The molecule has 5 heterocycles. The van der Waals surface area contributed by atoms with E-state index in [2.05, 4.69) is 61.2 Å². The number of piperazine rings is 1. The van der Waals surface area contributed by atoms with Gasteiger partial charge in [0.05, 0.1) is 54.0 Å². The van der Waals surface area contributed by atoms with Crippen LogP contribution in [0.3, 0.4) is 0 Å². The molecule has 5 aliphatic rings. The molecule has 2 atom stereocenters. The van der Waals surface area contributed by atoms with E-state index in [1.165, 1.54) is 30.5 Å². The van der Waals surface area contributed by atoms with E-state index in [9.17, 15) is 13.2 Å². The second-order valence-corrected chi connectivity index (χ2v) is 19.8. The molecule has 2 saturated carbocycles. The minimum Gasteiger partial charge on any atom is -0.497 e. The highest BCUT2D eigenvalue weighted by Gasteiger charge is 2.44. The summed E-state index contributed by atoms with van der Waals surface area (Å²) in [6.07, 6.45) is 13.3. The molecule has 12 heteroatoms. The molecule has 9 rings (SSSR count). The van der Waals surface area contributed by atoms with Gasteiger partial charge in [-0.05, 0) is 131 Å². The molecule has 302 valence electrons. The summed E-state index contributed by atoms with van der Waals surface area (Å²) in [6, 6.07) is 13.2. The Morgan fingerprint density at radius 2 is 1.65 bits per heavy atom. The zero-order valence-corrected chi connectivity index (χ0v) is 34.8. The van der Waals surface area contributed by atoms with Crippen LogP contribution in [0.4, 0.5) is 0 Å². The zero-order chi connectivity index (χ0) is 39.7. The van der Waals surface area contributed by atoms with Crippen LogP contribution >= 0.6 is 0 Å². The second kappa shape index (κ2) is 14.8. The molecule has 57 heavy (non-hydrogen) atoms. The van der Waals surface area contributed by atoms with Crippen molar-refractivity contribution < 1.29 is 22.7 Å². The molecule has 2 amide bonds. The lowest BCUT2D eigenvalue weighted by molar-refractivity contribution is -0.118. The van der Waals surface area contributed by atoms with E-state index < -0.39 is 21.2 Å². The van der Waals surface area contributed by atoms with Crippen molar-refractivity contribution in [1.82, 2.24) is 28.9 Å². The Bertz CT molecular complexity index is 2380. The molecule has 11 nitrogen and oxygen atoms in total. The van der Waals surface area contributed by atoms with Gasteiger partial charge in [-0.25, -0.2) is 8.42 Å². The predicted octanol–water partition coefficient (Wildman–Crippen LogP) is 7.46. The van der Waals surface area contributed by atoms with Crippen molar-refractivity contribution in [1.29, 1.82) is 0 Å². The fourth-order valence-corrected chi connectivity index (χ4v) is 11.0. The van der Waals surface area contributed by atoms with E-state index in [0.29, 0.717) is 12.5 Å². The predicted molar refractivity (Wildman–Crippen MR) is 224 cm³/mol. The molecular formula is C45H56N6O5S. The number of aryl methyl sites for hydroxylation is 1. The topological polar surface area (TPSA) is 119 Å². The van der Waals surface area contributed by atoms with Gasteiger partial charge >= 0.3 is 0 Å². The largest absolute Gasteiger partial charge is 0.497 e. The van der Waals surface area contributed by atoms with Gasteiger partial charge in [0.25, 0.3) is 5.91 Å². The van der Waals surface area contributed by atoms with Crippen LogP contribution < -0.4 is 9.46 Å². The van der Waals surface area contributed by atoms with Gasteiger partial charge in [-0.1, -0.05) is 31.4 Å². The molecule has 1 N–H and O–H groups in total. The molecule has 4 aromatic rings. The number of likely N-dealkylation sites (N-methyl/N-ethyl adjacent to an activating group) is 1. The van der Waals surface area contributed by atoms with Crippen LogP contribution in [0.5, 0.6) is 5.75 Å². The molecule has 0 radical (unpaired) electrons. The number of aromatic nitrogens is 3. The zero-order valence-electron chi connectivity index (χ0n) is 34.0. The van der Waals surface area contributed by atoms with Crippen LogP contribution in [0, 0.1) is 6.92 Å². The number of ether oxygens (including phenoxy) is 1. The van der Waals surface area contributed by atoms with Crippen molar-refractivity contribution in [2.45, 2.75) is 127 Å². The van der Waals surface area contributed by atoms with E-state index in [-0.39, 0.29) is 30.5 Å². The maximum absolute atomic E-state index is 15.1. The first kappa shape index (κ1) is 38.1. The Kier molecular flexibility index (Phi) is 9.86. The summed E-state index contributed by atoms with van der Waals surface area (Å²) in [7, 11) is 0.0985. The van der Waals surface area contributed by atoms with Crippen molar-refractivity contribution >= 4 is 44.4 Å². The first-order valence-corrected chi connectivity index (χ1v) is 22.7. The number of allylic oxidation sites excluding steroid dienone is 1. The Morgan fingerprint density at radius 1 is 0.912 bits per heavy atom. The highest BCUT2D eigenvalue weighted by atomic mass is 32.2. The first-order valence-electron chi connectivity index (χ1n) is 21.1. The number of sulfonamides is 1. The number of fused-ring (bicyclic) bond motifs is 7. The van der Waals surface area contributed by atoms with E-state index in [1.807, 2.05) is 19.1 Å². The number of rotatable bonds is 9. The van der Waals surface area contributed by atoms with Gasteiger partial charge in [0.1, 0.15) is 5.75 Å². The number of amides is 2. The van der Waals surface area contributed by atoms with E-state index in [1.54, 1.807) is 21.0 Å². The molecular weight excluding hydrogens is 737 g/mol. The summed E-state index contributed by atoms with van der Waals surface area (Å²) in [6.45, 7) is 7.41. The van der Waals surface area contributed by atoms with Crippen molar-refractivity contribution in [3.8, 4) is 17.0 Å². The number of hydrogen-bond acceptors (Lipinski definition) is 7. The number of carbonyl (C=O) groups is 2. The monoisotopic (exact) mass is 792 g/mol. The van der Waals surface area contributed by atoms with Crippen LogP contribution in [0.15, 0.2) is 36.4 Å². The number of benzene rings is 2. The third-order valence-corrected chi connectivity index (χ3v) is 15.3. The second-order valence-electron chi connectivity index (χ2n) is 17.6. The van der Waals surface area contributed by atoms with E-state index in [0.717, 1.165) is 114 Å². The van der Waals surface area contributed by atoms with Crippen molar-refractivity contribution in [3.05, 3.63) is 70.0 Å². The first-order chi connectivity index (χ1) is 27.4. The normalized spacial score (nSPS) is 21.6. The van der Waals surface area contributed by atoms with Crippen LogP contribution in [-0.4, -0.2) is 89.0 Å². The Labute approximate surface area is 336 Å². The number of nitrogens with zero attached hydrogens (tertiary/aromatic N) is 5. The molecule has 0 spiro atoms. The number of likely N-dealkylation sites (tertiary alicyclic amines) is 1. The van der Waals surface area contributed by atoms with Crippen LogP contribution in [0.2, 0.25) is 0 Å². The molecule has 2 aliphatic carbocycles. The molecule has 3 aliphatic heterocycles. The minimum atomic E-state index is -3.76. The fraction of sp³-hybridized carbons (Fsp3) is 0.533. The summed E-state index contributed by atoms with van der Waals surface area (Å²) in [5.41, 5.74) is 9.84. The van der Waals surface area contributed by atoms with Gasteiger partial charge in [0.2, 0.25) is 15.9 Å². The molecule has 2 saturated heterocycles. The molecule has 4 fully saturated rings. The lowest BCUT2D eigenvalue weighted by Crippen LogP contribution is -2.54. The summed E-state index contributed by atoms with van der Waals surface area (Å²) in [5.74, 6) is 0.686. The third-order valence-electron chi connectivity index (χ3n) is 13.5. The van der Waals surface area contributed by atoms with Gasteiger partial charge in [0, 0.05) is 41.6 Å². The Hall–Kier alpha value is -4.42. The maximum Gasteiger partial charge on any atom is 0.258 e. The Morgan fingerprint density at radius 3 is 2.32 bits per heavy atom. The van der Waals surface area contributed by atoms with Crippen molar-refractivity contribution in [3.63, 3.8) is 0 Å². The van der Waals surface area contributed by atoms with Crippen LogP contribution in [0.1, 0.15) is 128 Å². The van der Waals surface area contributed by atoms with E-state index in [4.69, 9.17) is 9.84 Å². The van der Waals surface area contributed by atoms with Crippen molar-refractivity contribution in [2.75, 3.05) is 27.2 Å². The number of methoxy groups -OCH3 is 1. The highest BCUT2D eigenvalue weighted by Crippen LogP contribution is 2.49. The van der Waals surface area contributed by atoms with Gasteiger partial charge in [-0.3, -0.25) is 19.0 Å². The van der Waals surface area contributed by atoms with Crippen LogP contribution in [-0.2, 0) is 27.8 Å². The Balaban J connectivity index is 1.24. The lowest BCUT2D eigenvalue weighted by Gasteiger charge is -2.39. The van der Waals surface area contributed by atoms with Crippen molar-refractivity contribution in [2.24, 2.45) is 0 Å². The standard InChI is InChI=1S/C45H56N6O5S/c1-27(2)57(54,55)47-40(52)21-29-14-18-38-39(20-29)49-24-32(22-31-23-36(56-5)17-19-37(31)44(49)42(38)30-10-7-6-8-11-30)43-41(28(3)46-51(43)33-12-9-13-33)45(53)50-34-15-16-35(50)26-48(4)25-34/h14,17-20,22-23,27,30,33-35H,6-13,15-16,21,24-26H2,1-5H3,(H,47,52). The maximum atomic E-state index is 15.1. The van der Waals surface area contributed by atoms with Gasteiger partial charge in [0.15, 0.2) is 0 Å². The smallest absolute Gasteiger partial charge is 0.258 e. The molecule has 2 unspecified atom stereocenters. The quantitative estimate of drug-likeness (QED) is 0.187. The average molecular weight is 793 g/mol. The molecule has 2 aromatic heterocycles. The highest BCUT2D eigenvalue weighted by molar-refractivity contribution is 7.90. The molecule has 2 bridgehead atoms. The van der Waals surface area contributed by atoms with Gasteiger partial charge in [-0.2, -0.15) is 5.10 Å². The molecule has 2 aromatic carbocycles. The van der Waals surface area contributed by atoms with E-state index >= 15 is 4.79 Å². The SMILES string of the molecule is COc1ccc2c(c1)C=C(c1c(C(=O)N3C4CCC3CN(C)C4)c(C)nn1C1CCC1)Cn1c-2c(C2CCCCC2)c2ccc(CC(=O)NS(=O)(=O)C(C)C)cc21. The summed E-state index contributed by atoms with van der Waals surface area (Å²) < 4.78 is 38.0. The summed E-state index contributed by atoms with van der Waals surface area (Å²) >= 11 is 0. The van der Waals surface area contributed by atoms with Gasteiger partial charge in [-0.15, -0.1) is 0 Å². The summed E-state index contributed by atoms with van der Waals surface area (Å²) in [4.78, 5) is 32.8. The third kappa shape index (κ3) is 6.70. The lowest BCUT2D eigenvalue weighted by atomic mass is 9.81. The number of carbonyl (C=O) groups excluding carboxylic acids is 2. The average Bonchev–Trinajstić information content (AvgIpc) is 3.71.